The Morgan fingerprint density at radius 2 is 0.630 bits per heavy atom. The zero-order chi connectivity index (χ0) is 38.2. The topological polar surface area (TPSA) is 150 Å². The van der Waals surface area contributed by atoms with E-state index in [1.165, 1.54) is 48.5 Å². The standard InChI is InChI=1S/C36H16Cl4N4O8S2/c37-43(38)53(49,50)19-5-1-17(2-6-19)41-33(45)25-13-9-21-23-11-15-27-32-28(16-12-24(30(23)32)22-10-14-26(34(41)46)31(25)29(21)22)36(48)42(35(27)47)18-3-7-20(8-4-18)54(51,52)44(39)40/h1-16H. The summed E-state index contributed by atoms with van der Waals surface area (Å²) < 4.78 is 49.5. The third kappa shape index (κ3) is 4.63. The van der Waals surface area contributed by atoms with E-state index in [1.54, 1.807) is 48.5 Å². The summed E-state index contributed by atoms with van der Waals surface area (Å²) in [6.45, 7) is 0. The lowest BCUT2D eigenvalue weighted by atomic mass is 9.82. The molecule has 18 heteroatoms. The summed E-state index contributed by atoms with van der Waals surface area (Å²) in [5.41, 5.74) is 1.23. The van der Waals surface area contributed by atoms with Crippen LogP contribution in [0.5, 0.6) is 0 Å². The van der Waals surface area contributed by atoms with E-state index < -0.39 is 43.7 Å². The van der Waals surface area contributed by atoms with E-state index >= 15 is 0 Å². The van der Waals surface area contributed by atoms with Crippen LogP contribution in [-0.2, 0) is 20.0 Å². The number of benzene rings is 7. The predicted molar refractivity (Wildman–Crippen MR) is 204 cm³/mol. The minimum absolute atomic E-state index is 0.0171. The van der Waals surface area contributed by atoms with Gasteiger partial charge in [0.1, 0.15) is 0 Å². The molecule has 268 valence electrons. The molecule has 0 saturated carbocycles. The normalized spacial score (nSPS) is 15.0. The van der Waals surface area contributed by atoms with Crippen molar-refractivity contribution in [3.05, 3.63) is 119 Å². The highest BCUT2D eigenvalue weighted by atomic mass is 35.6. The first kappa shape index (κ1) is 34.8. The third-order valence-corrected chi connectivity index (χ3v) is 14.4. The minimum Gasteiger partial charge on any atom is -0.268 e. The average Bonchev–Trinajstić information content (AvgIpc) is 3.15. The van der Waals surface area contributed by atoms with Gasteiger partial charge in [-0.2, -0.15) is 0 Å². The predicted octanol–water partition coefficient (Wildman–Crippen LogP) is 7.94. The molecule has 2 aliphatic heterocycles. The fourth-order valence-electron chi connectivity index (χ4n) is 7.43. The highest BCUT2D eigenvalue weighted by molar-refractivity contribution is 7.91. The molecule has 0 radical (unpaired) electrons. The number of rotatable bonds is 6. The maximum Gasteiger partial charge on any atom is 0.270 e. The number of fused-ring (bicyclic) bond motifs is 2. The number of amides is 4. The minimum atomic E-state index is -4.20. The van der Waals surface area contributed by atoms with Crippen LogP contribution < -0.4 is 9.80 Å². The van der Waals surface area contributed by atoms with Crippen LogP contribution in [0.25, 0.3) is 43.1 Å². The maximum absolute atomic E-state index is 14.0. The van der Waals surface area contributed by atoms with Gasteiger partial charge in [0, 0.05) is 80.1 Å². The molecule has 54 heavy (non-hydrogen) atoms. The van der Waals surface area contributed by atoms with Crippen molar-refractivity contribution in [2.75, 3.05) is 9.80 Å². The van der Waals surface area contributed by atoms with Gasteiger partial charge in [-0.25, -0.2) is 26.6 Å². The molecule has 0 aliphatic carbocycles. The molecular weight excluding hydrogens is 822 g/mol. The molecule has 7 aromatic rings. The summed E-state index contributed by atoms with van der Waals surface area (Å²) in [7, 11) is -8.41. The Morgan fingerprint density at radius 1 is 0.370 bits per heavy atom. The van der Waals surface area contributed by atoms with Gasteiger partial charge >= 0.3 is 0 Å². The van der Waals surface area contributed by atoms with E-state index in [4.69, 9.17) is 47.1 Å². The molecule has 0 fully saturated rings. The van der Waals surface area contributed by atoms with E-state index in [9.17, 15) is 36.0 Å². The Kier molecular flexibility index (Phi) is 7.61. The fourth-order valence-corrected chi connectivity index (χ4v) is 9.67. The van der Waals surface area contributed by atoms with Crippen LogP contribution in [-0.4, -0.2) is 47.2 Å². The van der Waals surface area contributed by atoms with Crippen molar-refractivity contribution in [2.45, 2.75) is 9.79 Å². The summed E-state index contributed by atoms with van der Waals surface area (Å²) in [6, 6.07) is 23.4. The molecule has 0 bridgehead atoms. The van der Waals surface area contributed by atoms with E-state index in [-0.39, 0.29) is 50.1 Å². The molecule has 0 aromatic heterocycles. The van der Waals surface area contributed by atoms with Crippen molar-refractivity contribution in [3.63, 3.8) is 0 Å². The largest absolute Gasteiger partial charge is 0.270 e. The lowest BCUT2D eigenvalue weighted by molar-refractivity contribution is 0.0877. The van der Waals surface area contributed by atoms with Crippen molar-refractivity contribution in [1.29, 1.82) is 0 Å². The van der Waals surface area contributed by atoms with Gasteiger partial charge in [0.05, 0.1) is 21.2 Å². The summed E-state index contributed by atoms with van der Waals surface area (Å²) in [6.07, 6.45) is 0. The lowest BCUT2D eigenvalue weighted by Gasteiger charge is -2.30. The van der Waals surface area contributed by atoms with Gasteiger partial charge in [-0.15, -0.1) is 0 Å². The second-order valence-electron chi connectivity index (χ2n) is 12.4. The molecular formula is C36H16Cl4N4O8S2. The van der Waals surface area contributed by atoms with Crippen LogP contribution in [0.1, 0.15) is 41.4 Å². The van der Waals surface area contributed by atoms with Crippen LogP contribution in [0.4, 0.5) is 11.4 Å². The highest BCUT2D eigenvalue weighted by Gasteiger charge is 2.38. The quantitative estimate of drug-likeness (QED) is 0.0710. The van der Waals surface area contributed by atoms with E-state index in [0.717, 1.165) is 9.80 Å². The number of sulfonamides is 2. The monoisotopic (exact) mass is 836 g/mol. The Bertz CT molecular complexity index is 2790. The Labute approximate surface area is 325 Å². The molecule has 0 N–H and O–H groups in total. The van der Waals surface area contributed by atoms with Gasteiger partial charge in [-0.1, -0.05) is 24.3 Å². The van der Waals surface area contributed by atoms with Gasteiger partial charge in [-0.05, 0) is 112 Å². The lowest BCUT2D eigenvalue weighted by Crippen LogP contribution is -2.40. The number of carbonyl (C=O) groups is 4. The molecule has 9 rings (SSSR count). The molecule has 0 spiro atoms. The van der Waals surface area contributed by atoms with Crippen LogP contribution >= 0.6 is 47.1 Å². The van der Waals surface area contributed by atoms with Gasteiger partial charge in [0.2, 0.25) is 0 Å². The molecule has 0 atom stereocenters. The first-order valence-electron chi connectivity index (χ1n) is 15.6. The van der Waals surface area contributed by atoms with Crippen molar-refractivity contribution < 1.29 is 36.0 Å². The van der Waals surface area contributed by atoms with Crippen LogP contribution in [0, 0.1) is 0 Å². The summed E-state index contributed by atoms with van der Waals surface area (Å²) in [5, 5.41) is 4.89. The average molecular weight is 838 g/mol. The number of anilines is 2. The summed E-state index contributed by atoms with van der Waals surface area (Å²) in [5.74, 6) is -2.49. The maximum atomic E-state index is 14.0. The zero-order valence-corrected chi connectivity index (χ0v) is 31.3. The number of hydrogen-bond donors (Lipinski definition) is 0. The van der Waals surface area contributed by atoms with Crippen molar-refractivity contribution in [1.82, 2.24) is 6.69 Å². The van der Waals surface area contributed by atoms with Crippen molar-refractivity contribution in [3.8, 4) is 0 Å². The van der Waals surface area contributed by atoms with Crippen molar-refractivity contribution >= 4 is 145 Å². The smallest absolute Gasteiger partial charge is 0.268 e. The van der Waals surface area contributed by atoms with Crippen molar-refractivity contribution in [2.24, 2.45) is 0 Å². The molecule has 2 heterocycles. The molecule has 0 saturated heterocycles. The Morgan fingerprint density at radius 3 is 0.870 bits per heavy atom. The summed E-state index contributed by atoms with van der Waals surface area (Å²) >= 11 is 21.9. The molecule has 2 aliphatic rings. The fraction of sp³-hybridized carbons (Fsp3) is 0. The first-order chi connectivity index (χ1) is 25.6. The number of carbonyl (C=O) groups excluding carboxylic acids is 4. The van der Waals surface area contributed by atoms with Gasteiger partial charge in [-0.3, -0.25) is 19.2 Å². The van der Waals surface area contributed by atoms with Crippen LogP contribution in [0.2, 0.25) is 0 Å². The number of imide groups is 2. The second-order valence-corrected chi connectivity index (χ2v) is 18.4. The Hall–Kier alpha value is -4.90. The summed E-state index contributed by atoms with van der Waals surface area (Å²) in [4.78, 5) is 57.6. The Balaban J connectivity index is 1.18. The van der Waals surface area contributed by atoms with E-state index in [2.05, 4.69) is 0 Å². The molecule has 4 amide bonds. The van der Waals surface area contributed by atoms with Gasteiger partial charge in [0.25, 0.3) is 43.7 Å². The number of hydrogen-bond acceptors (Lipinski definition) is 8. The zero-order valence-electron chi connectivity index (χ0n) is 26.6. The SMILES string of the molecule is O=C1c2ccc3c4ccc5c6c(ccc(c7ccc(c2c37)C(=O)N1c1ccc(S(=O)(=O)N(Cl)Cl)cc1)c64)C(=O)N(c1ccc(S(=O)(=O)N(Cl)Cl)cc1)C5=O. The van der Waals surface area contributed by atoms with Crippen LogP contribution in [0.15, 0.2) is 107 Å². The molecule has 7 aromatic carbocycles. The van der Waals surface area contributed by atoms with Gasteiger partial charge < -0.3 is 0 Å². The van der Waals surface area contributed by atoms with Crippen LogP contribution in [0.3, 0.4) is 0 Å². The van der Waals surface area contributed by atoms with E-state index in [0.29, 0.717) is 43.1 Å². The second kappa shape index (κ2) is 11.8. The molecule has 12 nitrogen and oxygen atoms in total. The number of halogens is 4. The van der Waals surface area contributed by atoms with Gasteiger partial charge in [0.15, 0.2) is 0 Å². The highest BCUT2D eigenvalue weighted by Crippen LogP contribution is 2.47. The number of nitrogens with zero attached hydrogens (tertiary/aromatic N) is 4. The third-order valence-electron chi connectivity index (χ3n) is 9.78. The first-order valence-corrected chi connectivity index (χ1v) is 19.8. The molecule has 0 unspecified atom stereocenters. The van der Waals surface area contributed by atoms with E-state index in [1.807, 2.05) is 0 Å².